The van der Waals surface area contributed by atoms with Gasteiger partial charge in [-0.1, -0.05) is 6.92 Å². The van der Waals surface area contributed by atoms with E-state index in [2.05, 4.69) is 0 Å². The van der Waals surface area contributed by atoms with Gasteiger partial charge in [-0.25, -0.2) is 17.2 Å². The zero-order valence-corrected chi connectivity index (χ0v) is 8.23. The van der Waals surface area contributed by atoms with Crippen LogP contribution in [-0.2, 0) is 9.84 Å². The van der Waals surface area contributed by atoms with Gasteiger partial charge in [0.25, 0.3) is 6.43 Å². The largest absolute Gasteiger partial charge is 0.387 e. The van der Waals surface area contributed by atoms with Crippen LogP contribution in [0.1, 0.15) is 19.8 Å². The first-order valence-electron chi connectivity index (χ1n) is 4.05. The maximum Gasteiger partial charge on any atom is 0.264 e. The molecule has 1 unspecified atom stereocenters. The maximum absolute atomic E-state index is 11.7. The molecule has 0 aliphatic rings. The molecule has 1 N–H and O–H groups in total. The van der Waals surface area contributed by atoms with Gasteiger partial charge in [0.2, 0.25) is 0 Å². The van der Waals surface area contributed by atoms with E-state index in [0.29, 0.717) is 0 Å². The highest BCUT2D eigenvalue weighted by atomic mass is 32.2. The van der Waals surface area contributed by atoms with Gasteiger partial charge in [-0.15, -0.1) is 0 Å². The van der Waals surface area contributed by atoms with E-state index in [1.165, 1.54) is 6.92 Å². The minimum absolute atomic E-state index is 0.0117. The van der Waals surface area contributed by atoms with E-state index in [-0.39, 0.29) is 24.3 Å². The highest BCUT2D eigenvalue weighted by Crippen LogP contribution is 2.08. The van der Waals surface area contributed by atoms with Crippen molar-refractivity contribution in [2.75, 3.05) is 11.5 Å². The van der Waals surface area contributed by atoms with E-state index >= 15 is 0 Å². The van der Waals surface area contributed by atoms with E-state index in [9.17, 15) is 17.2 Å². The van der Waals surface area contributed by atoms with Gasteiger partial charge in [-0.05, 0) is 12.8 Å². The van der Waals surface area contributed by atoms with Crippen LogP contribution in [0.15, 0.2) is 0 Å². The number of aliphatic hydroxyl groups excluding tert-OH is 1. The van der Waals surface area contributed by atoms with Crippen LogP contribution in [0.3, 0.4) is 0 Å². The Hall–Kier alpha value is -0.230. The first kappa shape index (κ1) is 12.8. The van der Waals surface area contributed by atoms with Gasteiger partial charge in [0, 0.05) is 5.75 Å². The Bertz CT molecular complexity index is 226. The molecule has 0 fully saturated rings. The van der Waals surface area contributed by atoms with E-state index in [0.717, 1.165) is 0 Å². The van der Waals surface area contributed by atoms with Gasteiger partial charge in [0.05, 0.1) is 5.75 Å². The Kier molecular flexibility index (Phi) is 5.39. The number of aliphatic hydroxyl groups is 1. The molecule has 1 atom stereocenters. The van der Waals surface area contributed by atoms with E-state index in [1.54, 1.807) is 0 Å². The maximum atomic E-state index is 11.7. The first-order chi connectivity index (χ1) is 5.89. The number of rotatable bonds is 6. The molecule has 80 valence electrons. The molecule has 0 radical (unpaired) electrons. The second-order valence-corrected chi connectivity index (χ2v) is 5.25. The fourth-order valence-electron chi connectivity index (χ4n) is 0.783. The second kappa shape index (κ2) is 5.49. The summed E-state index contributed by atoms with van der Waals surface area (Å²) in [5, 5.41) is 8.65. The summed E-state index contributed by atoms with van der Waals surface area (Å²) in [6.45, 7) is 1.50. The third-order valence-corrected chi connectivity index (χ3v) is 3.48. The third kappa shape index (κ3) is 5.93. The summed E-state index contributed by atoms with van der Waals surface area (Å²) < 4.78 is 45.2. The van der Waals surface area contributed by atoms with Crippen molar-refractivity contribution in [2.45, 2.75) is 32.3 Å². The van der Waals surface area contributed by atoms with Crippen LogP contribution in [-0.4, -0.2) is 37.6 Å². The fourth-order valence-corrected chi connectivity index (χ4v) is 1.68. The van der Waals surface area contributed by atoms with Crippen LogP contribution in [0.2, 0.25) is 0 Å². The Morgan fingerprint density at radius 1 is 1.38 bits per heavy atom. The summed E-state index contributed by atoms with van der Waals surface area (Å²) in [7, 11) is -3.10. The molecule has 0 bridgehead atoms. The lowest BCUT2D eigenvalue weighted by atomic mass is 10.2. The monoisotopic (exact) mass is 216 g/mol. The van der Waals surface area contributed by atoms with Crippen molar-refractivity contribution >= 4 is 9.84 Å². The van der Waals surface area contributed by atoms with Crippen molar-refractivity contribution in [3.63, 3.8) is 0 Å². The minimum atomic E-state index is -3.10. The van der Waals surface area contributed by atoms with Crippen LogP contribution < -0.4 is 0 Å². The number of hydrogen-bond acceptors (Lipinski definition) is 3. The number of hydrogen-bond donors (Lipinski definition) is 1. The molecule has 0 saturated carbocycles. The fraction of sp³-hybridized carbons (Fsp3) is 1.00. The summed E-state index contributed by atoms with van der Waals surface area (Å²) in [6.07, 6.45) is -4.57. The molecule has 0 spiro atoms. The number of sulfone groups is 1. The standard InChI is InChI=1S/C7H14F2O3S/c1-2-13(11,12)5-3-4-6(10)7(8)9/h6-7,10H,2-5H2,1H3. The summed E-state index contributed by atoms with van der Waals surface area (Å²) >= 11 is 0. The summed E-state index contributed by atoms with van der Waals surface area (Å²) in [6, 6.07) is 0. The highest BCUT2D eigenvalue weighted by Gasteiger charge is 2.17. The lowest BCUT2D eigenvalue weighted by Crippen LogP contribution is -2.19. The predicted octanol–water partition coefficient (Wildman–Crippen LogP) is 0.827. The van der Waals surface area contributed by atoms with Gasteiger partial charge in [-0.3, -0.25) is 0 Å². The predicted molar refractivity (Wildman–Crippen MR) is 45.6 cm³/mol. The molecule has 0 aromatic heterocycles. The molecule has 13 heavy (non-hydrogen) atoms. The lowest BCUT2D eigenvalue weighted by Gasteiger charge is -2.08. The summed E-state index contributed by atoms with van der Waals surface area (Å²) in [5.41, 5.74) is 0. The smallest absolute Gasteiger partial charge is 0.264 e. The third-order valence-electron chi connectivity index (χ3n) is 1.69. The van der Waals surface area contributed by atoms with Crippen molar-refractivity contribution in [1.82, 2.24) is 0 Å². The van der Waals surface area contributed by atoms with Gasteiger partial charge < -0.3 is 5.11 Å². The zero-order chi connectivity index (χ0) is 10.5. The second-order valence-electron chi connectivity index (χ2n) is 2.78. The molecular formula is C7H14F2O3S. The van der Waals surface area contributed by atoms with E-state index in [1.807, 2.05) is 0 Å². The topological polar surface area (TPSA) is 54.4 Å². The van der Waals surface area contributed by atoms with E-state index in [4.69, 9.17) is 5.11 Å². The van der Waals surface area contributed by atoms with Crippen LogP contribution in [0, 0.1) is 0 Å². The van der Waals surface area contributed by atoms with Crippen molar-refractivity contribution in [1.29, 1.82) is 0 Å². The van der Waals surface area contributed by atoms with Gasteiger partial charge >= 0.3 is 0 Å². The van der Waals surface area contributed by atoms with Gasteiger partial charge in [-0.2, -0.15) is 0 Å². The molecule has 0 aliphatic heterocycles. The lowest BCUT2D eigenvalue weighted by molar-refractivity contribution is -0.00894. The average Bonchev–Trinajstić information content (AvgIpc) is 2.04. The molecule has 0 aliphatic carbocycles. The highest BCUT2D eigenvalue weighted by molar-refractivity contribution is 7.91. The van der Waals surface area contributed by atoms with Crippen LogP contribution >= 0.6 is 0 Å². The van der Waals surface area contributed by atoms with Gasteiger partial charge in [0.15, 0.2) is 0 Å². The molecule has 0 amide bonds. The van der Waals surface area contributed by atoms with Crippen LogP contribution in [0.5, 0.6) is 0 Å². The molecule has 3 nitrogen and oxygen atoms in total. The Morgan fingerprint density at radius 3 is 2.31 bits per heavy atom. The van der Waals surface area contributed by atoms with Crippen molar-refractivity contribution in [3.05, 3.63) is 0 Å². The molecule has 0 aromatic rings. The summed E-state index contributed by atoms with van der Waals surface area (Å²) in [4.78, 5) is 0. The molecule has 6 heteroatoms. The first-order valence-corrected chi connectivity index (χ1v) is 5.88. The normalized spacial score (nSPS) is 14.8. The van der Waals surface area contributed by atoms with Crippen molar-refractivity contribution in [2.24, 2.45) is 0 Å². The Morgan fingerprint density at radius 2 is 1.92 bits per heavy atom. The molecule has 0 rings (SSSR count). The quantitative estimate of drug-likeness (QED) is 0.715. The van der Waals surface area contributed by atoms with Crippen LogP contribution in [0.4, 0.5) is 8.78 Å². The minimum Gasteiger partial charge on any atom is -0.387 e. The van der Waals surface area contributed by atoms with E-state index < -0.39 is 22.4 Å². The number of alkyl halides is 2. The summed E-state index contributed by atoms with van der Waals surface area (Å²) in [5.74, 6) is -0.120. The number of halogens is 2. The molecule has 0 saturated heterocycles. The Labute approximate surface area is 76.7 Å². The Balaban J connectivity index is 3.69. The molecule has 0 heterocycles. The van der Waals surface area contributed by atoms with Gasteiger partial charge in [0.1, 0.15) is 15.9 Å². The zero-order valence-electron chi connectivity index (χ0n) is 7.41. The molecule has 0 aromatic carbocycles. The SMILES string of the molecule is CCS(=O)(=O)CCCC(O)C(F)F. The van der Waals surface area contributed by atoms with Crippen molar-refractivity contribution in [3.8, 4) is 0 Å². The van der Waals surface area contributed by atoms with Crippen molar-refractivity contribution < 1.29 is 22.3 Å². The average molecular weight is 216 g/mol. The van der Waals surface area contributed by atoms with Crippen LogP contribution in [0.25, 0.3) is 0 Å². The molecular weight excluding hydrogens is 202 g/mol.